The van der Waals surface area contributed by atoms with Crippen LogP contribution in [0.5, 0.6) is 0 Å². The summed E-state index contributed by atoms with van der Waals surface area (Å²) in [5.74, 6) is -0.631. The first-order valence-corrected chi connectivity index (χ1v) is 18.8. The lowest BCUT2D eigenvalue weighted by Gasteiger charge is -2.36. The molecule has 0 saturated carbocycles. The Morgan fingerprint density at radius 2 is 1.67 bits per heavy atom. The summed E-state index contributed by atoms with van der Waals surface area (Å²) in [7, 11) is -5.67. The van der Waals surface area contributed by atoms with Crippen LogP contribution in [0.1, 0.15) is 58.9 Å². The molecule has 0 atom stereocenters. The number of sulfonamides is 1. The highest BCUT2D eigenvalue weighted by atomic mass is 32.2. The Kier molecular flexibility index (Phi) is 13.2. The summed E-state index contributed by atoms with van der Waals surface area (Å²) in [4.78, 5) is 12.8. The van der Waals surface area contributed by atoms with Crippen LogP contribution in [0.4, 0.5) is 5.69 Å². The minimum Gasteiger partial charge on any atom is -0.462 e. The molecule has 0 bridgehead atoms. The van der Waals surface area contributed by atoms with Crippen LogP contribution < -0.4 is 4.31 Å². The second-order valence-corrected chi connectivity index (χ2v) is 18.4. The zero-order chi connectivity index (χ0) is 31.4. The van der Waals surface area contributed by atoms with Crippen molar-refractivity contribution in [2.45, 2.75) is 83.3 Å². The molecule has 0 aliphatic heterocycles. The maximum Gasteiger partial charge on any atom is 0.348 e. The van der Waals surface area contributed by atoms with Crippen molar-refractivity contribution in [1.82, 2.24) is 0 Å². The van der Waals surface area contributed by atoms with E-state index in [0.29, 0.717) is 30.7 Å². The van der Waals surface area contributed by atoms with Crippen molar-refractivity contribution in [3.05, 3.63) is 83.5 Å². The van der Waals surface area contributed by atoms with Gasteiger partial charge in [0.25, 0.3) is 10.0 Å². The highest BCUT2D eigenvalue weighted by molar-refractivity contribution is 7.92. The summed E-state index contributed by atoms with van der Waals surface area (Å²) in [6.45, 7) is 15.6. The van der Waals surface area contributed by atoms with Gasteiger partial charge in [-0.2, -0.15) is 5.26 Å². The molecule has 2 rings (SSSR count). The first kappa shape index (κ1) is 35.0. The number of benzene rings is 2. The standard InChI is InChI=1S/C33H46N2O5SSi/c1-8-39-32(36)31(26-34)28(17-13-15-25-40-42(6,7)33(3,4)5)16-12-14-24-35(29-18-10-9-11-19-29)41(37,38)30-22-20-27(2)21-23-30/h9-12,14,18-23H,8,13,15-17,24-25H2,1-7H3/b14-12+,31-28-. The summed E-state index contributed by atoms with van der Waals surface area (Å²) >= 11 is 0. The Labute approximate surface area is 254 Å². The molecule has 0 aliphatic carbocycles. The van der Waals surface area contributed by atoms with Gasteiger partial charge in [0, 0.05) is 6.61 Å². The van der Waals surface area contributed by atoms with Crippen molar-refractivity contribution in [2.75, 3.05) is 24.1 Å². The molecular formula is C33H46N2O5SSi. The number of hydrogen-bond acceptors (Lipinski definition) is 6. The number of nitrogens with zero attached hydrogens (tertiary/aromatic N) is 2. The third-order valence-corrected chi connectivity index (χ3v) is 13.9. The van der Waals surface area contributed by atoms with Gasteiger partial charge in [0.15, 0.2) is 8.32 Å². The van der Waals surface area contributed by atoms with Crippen LogP contribution >= 0.6 is 0 Å². The third kappa shape index (κ3) is 9.97. The van der Waals surface area contributed by atoms with E-state index in [4.69, 9.17) is 9.16 Å². The number of hydrogen-bond donors (Lipinski definition) is 0. The highest BCUT2D eigenvalue weighted by Crippen LogP contribution is 2.36. The molecule has 2 aromatic carbocycles. The molecule has 7 nitrogen and oxygen atoms in total. The highest BCUT2D eigenvalue weighted by Gasteiger charge is 2.36. The minimum absolute atomic E-state index is 0.0130. The normalized spacial score (nSPS) is 13.0. The Morgan fingerprint density at radius 3 is 2.24 bits per heavy atom. The summed E-state index contributed by atoms with van der Waals surface area (Å²) in [6.07, 6.45) is 6.01. The van der Waals surface area contributed by atoms with E-state index in [9.17, 15) is 18.5 Å². The van der Waals surface area contributed by atoms with Gasteiger partial charge >= 0.3 is 5.97 Å². The minimum atomic E-state index is -3.82. The maximum absolute atomic E-state index is 13.6. The van der Waals surface area contributed by atoms with Gasteiger partial charge in [0.05, 0.1) is 23.7 Å². The van der Waals surface area contributed by atoms with Gasteiger partial charge in [-0.1, -0.05) is 68.8 Å². The molecule has 0 unspecified atom stereocenters. The molecule has 0 spiro atoms. The Bertz CT molecular complexity index is 1370. The Balaban J connectivity index is 2.22. The first-order chi connectivity index (χ1) is 19.7. The van der Waals surface area contributed by atoms with Crippen molar-refractivity contribution in [1.29, 1.82) is 5.26 Å². The van der Waals surface area contributed by atoms with Crippen molar-refractivity contribution in [3.8, 4) is 6.07 Å². The number of unbranched alkanes of at least 4 members (excludes halogenated alkanes) is 1. The number of para-hydroxylation sites is 1. The topological polar surface area (TPSA) is 96.7 Å². The van der Waals surface area contributed by atoms with Crippen molar-refractivity contribution in [3.63, 3.8) is 0 Å². The molecule has 0 aliphatic rings. The zero-order valence-electron chi connectivity index (χ0n) is 26.1. The lowest BCUT2D eigenvalue weighted by molar-refractivity contribution is -0.138. The van der Waals surface area contributed by atoms with E-state index >= 15 is 0 Å². The van der Waals surface area contributed by atoms with E-state index in [-0.39, 0.29) is 28.7 Å². The smallest absolute Gasteiger partial charge is 0.348 e. The zero-order valence-corrected chi connectivity index (χ0v) is 28.0. The molecule has 9 heteroatoms. The van der Waals surface area contributed by atoms with E-state index in [2.05, 4.69) is 33.9 Å². The van der Waals surface area contributed by atoms with Gasteiger partial charge in [0.1, 0.15) is 11.6 Å². The van der Waals surface area contributed by atoms with E-state index < -0.39 is 24.3 Å². The summed E-state index contributed by atoms with van der Waals surface area (Å²) in [5, 5.41) is 9.92. The Hall–Kier alpha value is -3.19. The number of carbonyl (C=O) groups excluding carboxylic acids is 1. The van der Waals surface area contributed by atoms with Gasteiger partial charge in [0.2, 0.25) is 0 Å². The number of rotatable bonds is 15. The summed E-state index contributed by atoms with van der Waals surface area (Å²) in [5.41, 5.74) is 2.21. The van der Waals surface area contributed by atoms with Crippen molar-refractivity contribution < 1.29 is 22.4 Å². The van der Waals surface area contributed by atoms with Gasteiger partial charge in [-0.05, 0) is 87.5 Å². The molecule has 0 amide bonds. The lowest BCUT2D eigenvalue weighted by atomic mass is 9.99. The molecule has 0 radical (unpaired) electrons. The molecular weight excluding hydrogens is 565 g/mol. The van der Waals surface area contributed by atoms with E-state index in [1.165, 1.54) is 4.31 Å². The number of ether oxygens (including phenoxy) is 1. The monoisotopic (exact) mass is 610 g/mol. The first-order valence-electron chi connectivity index (χ1n) is 14.5. The predicted molar refractivity (Wildman–Crippen MR) is 172 cm³/mol. The van der Waals surface area contributed by atoms with Crippen molar-refractivity contribution >= 4 is 30.0 Å². The van der Waals surface area contributed by atoms with E-state index in [1.807, 2.05) is 25.1 Å². The fourth-order valence-corrected chi connectivity index (χ4v) is 6.46. The number of allylic oxidation sites excluding steroid dienone is 2. The molecule has 0 N–H and O–H groups in total. The molecule has 0 saturated heterocycles. The van der Waals surface area contributed by atoms with E-state index in [1.54, 1.807) is 61.5 Å². The molecule has 0 heterocycles. The van der Waals surface area contributed by atoms with Gasteiger partial charge in [-0.15, -0.1) is 0 Å². The number of aryl methyl sites for hydroxylation is 1. The average molecular weight is 611 g/mol. The van der Waals surface area contributed by atoms with Crippen LogP contribution in [-0.2, 0) is 24.0 Å². The van der Waals surface area contributed by atoms with Crippen LogP contribution in [0, 0.1) is 18.3 Å². The summed E-state index contributed by atoms with van der Waals surface area (Å²) < 4.78 is 40.0. The number of carbonyl (C=O) groups is 1. The maximum atomic E-state index is 13.6. The van der Waals surface area contributed by atoms with E-state index in [0.717, 1.165) is 18.4 Å². The molecule has 42 heavy (non-hydrogen) atoms. The van der Waals surface area contributed by atoms with Crippen LogP contribution in [0.3, 0.4) is 0 Å². The average Bonchev–Trinajstić information content (AvgIpc) is 2.92. The van der Waals surface area contributed by atoms with Gasteiger partial charge in [-0.3, -0.25) is 4.31 Å². The molecule has 2 aromatic rings. The molecule has 228 valence electrons. The quantitative estimate of drug-likeness (QED) is 0.0512. The number of esters is 1. The fourth-order valence-electron chi connectivity index (χ4n) is 3.96. The second-order valence-electron chi connectivity index (χ2n) is 11.7. The second kappa shape index (κ2) is 15.9. The molecule has 0 aromatic heterocycles. The molecule has 0 fully saturated rings. The fraction of sp³-hybridized carbons (Fsp3) is 0.455. The Morgan fingerprint density at radius 1 is 1.02 bits per heavy atom. The van der Waals surface area contributed by atoms with Crippen molar-refractivity contribution in [2.24, 2.45) is 0 Å². The van der Waals surface area contributed by atoms with Crippen LogP contribution in [0.25, 0.3) is 0 Å². The van der Waals surface area contributed by atoms with Gasteiger partial charge in [-0.25, -0.2) is 13.2 Å². The predicted octanol–water partition coefficient (Wildman–Crippen LogP) is 7.71. The van der Waals surface area contributed by atoms with Crippen LogP contribution in [-0.4, -0.2) is 42.5 Å². The lowest BCUT2D eigenvalue weighted by Crippen LogP contribution is -2.40. The van der Waals surface area contributed by atoms with Crippen LogP contribution in [0.2, 0.25) is 18.1 Å². The summed E-state index contributed by atoms with van der Waals surface area (Å²) in [6, 6.07) is 17.8. The third-order valence-electron chi connectivity index (χ3n) is 7.54. The number of nitriles is 1. The van der Waals surface area contributed by atoms with Crippen LogP contribution in [0.15, 0.2) is 82.8 Å². The van der Waals surface area contributed by atoms with Gasteiger partial charge < -0.3 is 9.16 Å². The largest absolute Gasteiger partial charge is 0.462 e. The number of anilines is 1. The SMILES string of the molecule is CCOC(=O)/C(C#N)=C(/C/C=C/CN(c1ccccc1)S(=O)(=O)c1ccc(C)cc1)CCCCO[Si](C)(C)C(C)(C)C.